The Bertz CT molecular complexity index is 2190. The molecular formula is C47H59ClFN3O5Si2. The minimum absolute atomic E-state index is 0.0387. The van der Waals surface area contributed by atoms with Crippen molar-refractivity contribution in [2.75, 3.05) is 33.5 Å². The van der Waals surface area contributed by atoms with E-state index in [1.807, 2.05) is 22.8 Å². The lowest BCUT2D eigenvalue weighted by Crippen LogP contribution is -2.67. The summed E-state index contributed by atoms with van der Waals surface area (Å²) in [6.07, 6.45) is 6.18. The zero-order valence-corrected chi connectivity index (χ0v) is 38.4. The van der Waals surface area contributed by atoms with Crippen LogP contribution in [0.25, 0.3) is 17.2 Å². The van der Waals surface area contributed by atoms with Gasteiger partial charge < -0.3 is 23.4 Å². The van der Waals surface area contributed by atoms with E-state index in [0.29, 0.717) is 67.2 Å². The fourth-order valence-electron chi connectivity index (χ4n) is 8.57. The minimum Gasteiger partial charge on any atom is -0.459 e. The Balaban J connectivity index is 1.11. The molecule has 1 aliphatic carbocycles. The third kappa shape index (κ3) is 9.94. The molecule has 1 aliphatic heterocycles. The molecule has 59 heavy (non-hydrogen) atoms. The number of benzene rings is 3. The summed E-state index contributed by atoms with van der Waals surface area (Å²) in [4.78, 5) is 10.0. The van der Waals surface area contributed by atoms with E-state index >= 15 is 4.39 Å². The Morgan fingerprint density at radius 1 is 0.983 bits per heavy atom. The molecule has 0 spiro atoms. The SMILES string of the molecule is COC/C=C/c1cc(F)c2c(c1)CCC2Cc1nc2c(cc1Cl)nc(O[C@@H]1CO[C@H](CO[Si](c3ccccc3)(c3ccccc3)C(C)(C)C)C1)n2COCC[Si](C)(C)C. The van der Waals surface area contributed by atoms with Gasteiger partial charge in [0.25, 0.3) is 8.32 Å². The standard InChI is InChI=1S/C47H59ClFN3O5Si2/c1-47(2,3)59(38-16-10-8-11-17-38,39-18-12-9-13-19-39)56-31-36-28-37(30-55-36)57-46-51-43-29-40(48)42(50-45(43)52(46)32-54-23-24-58(5,6)7)27-35-21-20-34-25-33(15-14-22-53-4)26-41(49)44(34)35/h8-19,25-26,29,35-37H,20-24,27-28,30-32H2,1-7H3/b15-14+/t35?,36-,37-/m0/s1. The van der Waals surface area contributed by atoms with Crippen LogP contribution in [0.15, 0.2) is 84.9 Å². The van der Waals surface area contributed by atoms with Gasteiger partial charge in [-0.05, 0) is 75.5 Å². The molecule has 0 radical (unpaired) electrons. The van der Waals surface area contributed by atoms with Gasteiger partial charge in [0.05, 0.1) is 36.6 Å². The monoisotopic (exact) mass is 855 g/mol. The third-order valence-electron chi connectivity index (χ3n) is 11.6. The number of hydrogen-bond donors (Lipinski definition) is 0. The molecule has 0 amide bonds. The van der Waals surface area contributed by atoms with Crippen LogP contribution in [0.1, 0.15) is 61.9 Å². The summed E-state index contributed by atoms with van der Waals surface area (Å²) < 4.78 is 49.2. The van der Waals surface area contributed by atoms with Gasteiger partial charge in [0, 0.05) is 28.2 Å². The molecule has 1 fully saturated rings. The highest BCUT2D eigenvalue weighted by atomic mass is 35.5. The van der Waals surface area contributed by atoms with Gasteiger partial charge in [-0.15, -0.1) is 0 Å². The molecule has 3 atom stereocenters. The van der Waals surface area contributed by atoms with Gasteiger partial charge >= 0.3 is 6.01 Å². The lowest BCUT2D eigenvalue weighted by atomic mass is 9.94. The van der Waals surface area contributed by atoms with Crippen LogP contribution in [0.2, 0.25) is 35.7 Å². The maximum atomic E-state index is 15.6. The molecule has 5 aromatic rings. The highest BCUT2D eigenvalue weighted by molar-refractivity contribution is 6.99. The molecular weight excluding hydrogens is 797 g/mol. The zero-order chi connectivity index (χ0) is 41.8. The van der Waals surface area contributed by atoms with Crippen molar-refractivity contribution in [1.29, 1.82) is 0 Å². The first-order valence-electron chi connectivity index (χ1n) is 20.9. The van der Waals surface area contributed by atoms with Crippen molar-refractivity contribution in [2.45, 2.75) is 102 Å². The third-order valence-corrected chi connectivity index (χ3v) is 18.6. The predicted molar refractivity (Wildman–Crippen MR) is 241 cm³/mol. The highest BCUT2D eigenvalue weighted by Gasteiger charge is 2.50. The number of methoxy groups -OCH3 is 1. The van der Waals surface area contributed by atoms with Crippen molar-refractivity contribution in [3.8, 4) is 6.01 Å². The van der Waals surface area contributed by atoms with E-state index in [4.69, 9.17) is 44.9 Å². The number of ether oxygens (including phenoxy) is 4. The molecule has 2 aromatic heterocycles. The van der Waals surface area contributed by atoms with Gasteiger partial charge in [-0.2, -0.15) is 4.98 Å². The van der Waals surface area contributed by atoms with E-state index in [1.54, 1.807) is 13.2 Å². The van der Waals surface area contributed by atoms with Crippen molar-refractivity contribution in [2.24, 2.45) is 0 Å². The molecule has 0 saturated carbocycles. The molecule has 2 aliphatic rings. The van der Waals surface area contributed by atoms with Crippen molar-refractivity contribution in [3.05, 3.63) is 118 Å². The molecule has 3 aromatic carbocycles. The second kappa shape index (κ2) is 18.5. The van der Waals surface area contributed by atoms with Crippen LogP contribution in [0.3, 0.4) is 0 Å². The van der Waals surface area contributed by atoms with Crippen LogP contribution in [-0.2, 0) is 38.2 Å². The Kier molecular flexibility index (Phi) is 13.6. The maximum Gasteiger partial charge on any atom is 0.300 e. The molecule has 1 saturated heterocycles. The van der Waals surface area contributed by atoms with Crippen molar-refractivity contribution >= 4 is 55.6 Å². The fourth-order valence-corrected chi connectivity index (χ4v) is 14.1. The summed E-state index contributed by atoms with van der Waals surface area (Å²) in [5.41, 5.74) is 4.60. The highest BCUT2D eigenvalue weighted by Crippen LogP contribution is 2.40. The van der Waals surface area contributed by atoms with Gasteiger partial charge in [0.2, 0.25) is 0 Å². The summed E-state index contributed by atoms with van der Waals surface area (Å²) in [5.74, 6) is -0.229. The summed E-state index contributed by atoms with van der Waals surface area (Å²) >= 11 is 6.94. The zero-order valence-electron chi connectivity index (χ0n) is 35.6. The summed E-state index contributed by atoms with van der Waals surface area (Å²) in [6.45, 7) is 16.1. The van der Waals surface area contributed by atoms with Crippen LogP contribution in [0.4, 0.5) is 4.39 Å². The van der Waals surface area contributed by atoms with Crippen molar-refractivity contribution in [1.82, 2.24) is 14.5 Å². The largest absolute Gasteiger partial charge is 0.459 e. The Labute approximate surface area is 356 Å². The number of halogens is 2. The number of rotatable bonds is 17. The second-order valence-electron chi connectivity index (χ2n) is 18.2. The first kappa shape index (κ1) is 43.4. The van der Waals surface area contributed by atoms with Crippen LogP contribution >= 0.6 is 11.6 Å². The second-order valence-corrected chi connectivity index (χ2v) is 28.5. The quantitative estimate of drug-likeness (QED) is 0.0682. The number of imidazole rings is 1. The number of aromatic nitrogens is 3. The summed E-state index contributed by atoms with van der Waals surface area (Å²) in [6, 6.07) is 28.3. The van der Waals surface area contributed by atoms with E-state index in [0.717, 1.165) is 35.6 Å². The normalized spacial score (nSPS) is 18.6. The number of fused-ring (bicyclic) bond motifs is 2. The van der Waals surface area contributed by atoms with Gasteiger partial charge in [0.15, 0.2) is 5.65 Å². The molecule has 0 N–H and O–H groups in total. The summed E-state index contributed by atoms with van der Waals surface area (Å²) in [5, 5.41) is 2.84. The molecule has 314 valence electrons. The smallest absolute Gasteiger partial charge is 0.300 e. The Morgan fingerprint density at radius 2 is 1.69 bits per heavy atom. The molecule has 1 unspecified atom stereocenters. The first-order valence-corrected chi connectivity index (χ1v) is 26.9. The Morgan fingerprint density at radius 3 is 2.36 bits per heavy atom. The minimum atomic E-state index is -2.73. The van der Waals surface area contributed by atoms with E-state index < -0.39 is 16.4 Å². The maximum absolute atomic E-state index is 15.6. The van der Waals surface area contributed by atoms with Crippen LogP contribution in [-0.4, -0.2) is 76.7 Å². The molecule has 8 nitrogen and oxygen atoms in total. The van der Waals surface area contributed by atoms with Gasteiger partial charge in [-0.1, -0.05) is 131 Å². The van der Waals surface area contributed by atoms with Crippen LogP contribution in [0.5, 0.6) is 6.01 Å². The number of aryl methyl sites for hydroxylation is 1. The number of nitrogens with zero attached hydrogens (tertiary/aromatic N) is 3. The average molecular weight is 857 g/mol. The summed E-state index contributed by atoms with van der Waals surface area (Å²) in [7, 11) is -2.41. The van der Waals surface area contributed by atoms with E-state index in [1.165, 1.54) is 10.4 Å². The van der Waals surface area contributed by atoms with E-state index in [9.17, 15) is 0 Å². The van der Waals surface area contributed by atoms with Crippen molar-refractivity contribution in [3.63, 3.8) is 0 Å². The lowest BCUT2D eigenvalue weighted by molar-refractivity contribution is 0.0536. The molecule has 12 heteroatoms. The lowest BCUT2D eigenvalue weighted by Gasteiger charge is -2.43. The fraction of sp³-hybridized carbons (Fsp3) is 0.447. The van der Waals surface area contributed by atoms with Crippen molar-refractivity contribution < 1.29 is 27.8 Å². The van der Waals surface area contributed by atoms with Gasteiger partial charge in [-0.25, -0.2) is 9.37 Å². The number of pyridine rings is 1. The topological polar surface area (TPSA) is 76.9 Å². The molecule has 0 bridgehead atoms. The first-order chi connectivity index (χ1) is 28.3. The predicted octanol–water partition coefficient (Wildman–Crippen LogP) is 9.58. The Hall–Kier alpha value is -3.69. The van der Waals surface area contributed by atoms with Gasteiger partial charge in [0.1, 0.15) is 24.2 Å². The average Bonchev–Trinajstić information content (AvgIpc) is 3.91. The van der Waals surface area contributed by atoms with Gasteiger partial charge in [-0.3, -0.25) is 4.57 Å². The van der Waals surface area contributed by atoms with E-state index in [-0.39, 0.29) is 35.7 Å². The number of hydrogen-bond acceptors (Lipinski definition) is 7. The van der Waals surface area contributed by atoms with Crippen LogP contribution < -0.4 is 15.1 Å². The van der Waals surface area contributed by atoms with E-state index in [2.05, 4.69) is 107 Å². The molecule has 3 heterocycles. The molecule has 7 rings (SSSR count). The van der Waals surface area contributed by atoms with Crippen LogP contribution in [0, 0.1) is 5.82 Å².